The van der Waals surface area contributed by atoms with Crippen LogP contribution in [-0.4, -0.2) is 36.0 Å². The van der Waals surface area contributed by atoms with Crippen LogP contribution in [-0.2, 0) is 22.7 Å². The molecule has 13 rings (SSSR count). The fourth-order valence-electron chi connectivity index (χ4n) is 10.5. The maximum absolute atomic E-state index is 13.7. The molecule has 0 saturated heterocycles. The first kappa shape index (κ1) is 48.4. The standard InChI is InChI=1S/C69H43N7O4/c70-40-46-19-14-22-49(35-46)50-28-32-56(64(39-50)76-60-26-13-11-24-54(60)58-38-52(30-34-62(58)76)69(78)80-43-45-17-6-2-7-18-45)67-73-65(48-20-8-3-9-21-48)72-66(74-67)55-31-27-47(41-71)36-63(55)75-59-25-12-10-23-53(59)57-37-51(29-33-61(57)75)68(77)79-42-44-15-4-1-5-16-44/h1-39H,42-43H2. The van der Waals surface area contributed by atoms with Crippen LogP contribution in [0.25, 0.3) is 100 Å². The number of aromatic nitrogens is 5. The third-order valence-corrected chi connectivity index (χ3v) is 14.3. The Morgan fingerprint density at radius 1 is 0.375 bits per heavy atom. The molecule has 0 amide bonds. The lowest BCUT2D eigenvalue weighted by Crippen LogP contribution is -2.06. The zero-order chi connectivity index (χ0) is 54.1. The summed E-state index contributed by atoms with van der Waals surface area (Å²) < 4.78 is 15.9. The number of para-hydroxylation sites is 2. The van der Waals surface area contributed by atoms with Crippen molar-refractivity contribution in [1.82, 2.24) is 24.1 Å². The summed E-state index contributed by atoms with van der Waals surface area (Å²) in [6, 6.07) is 79.8. The largest absolute Gasteiger partial charge is 0.457 e. The molecule has 13 aromatic rings. The van der Waals surface area contributed by atoms with Gasteiger partial charge in [-0.1, -0.05) is 146 Å². The second kappa shape index (κ2) is 20.7. The van der Waals surface area contributed by atoms with E-state index in [4.69, 9.17) is 24.4 Å². The molecule has 0 aliphatic rings. The number of carbonyl (C=O) groups excluding carboxylic acids is 2. The highest BCUT2D eigenvalue weighted by atomic mass is 16.5. The van der Waals surface area contributed by atoms with E-state index in [2.05, 4.69) is 33.4 Å². The van der Waals surface area contributed by atoms with Crippen LogP contribution in [0, 0.1) is 22.7 Å². The summed E-state index contributed by atoms with van der Waals surface area (Å²) in [5, 5.41) is 23.9. The molecule has 0 saturated carbocycles. The third-order valence-electron chi connectivity index (χ3n) is 14.3. The van der Waals surface area contributed by atoms with Crippen LogP contribution in [0.2, 0.25) is 0 Å². The molecule has 0 aliphatic heterocycles. The molecule has 0 aliphatic carbocycles. The number of rotatable bonds is 12. The predicted octanol–water partition coefficient (Wildman–Crippen LogP) is 15.2. The Hall–Kier alpha value is -11.3. The van der Waals surface area contributed by atoms with Gasteiger partial charge in [0.25, 0.3) is 0 Å². The molecular weight excluding hydrogens is 991 g/mol. The van der Waals surface area contributed by atoms with E-state index < -0.39 is 11.9 Å². The van der Waals surface area contributed by atoms with Crippen molar-refractivity contribution in [2.75, 3.05) is 0 Å². The van der Waals surface area contributed by atoms with E-state index in [0.29, 0.717) is 56.5 Å². The SMILES string of the molecule is N#Cc1cccc(-c2ccc(-c3nc(-c4ccccc4)nc(-c4ccc(C#N)cc4-n4c5ccccc5c5cc(C(=O)OCc6ccccc6)ccc54)n3)c(-n3c4ccccc4c4cc(C(=O)OCc5ccccc5)ccc43)c2)c1. The first-order valence-electron chi connectivity index (χ1n) is 25.9. The lowest BCUT2D eigenvalue weighted by molar-refractivity contribution is 0.0464. The summed E-state index contributed by atoms with van der Waals surface area (Å²) in [7, 11) is 0. The number of nitrogens with zero attached hydrogens (tertiary/aromatic N) is 7. The number of benzene rings is 10. The van der Waals surface area contributed by atoms with Gasteiger partial charge in [0, 0.05) is 38.2 Å². The number of esters is 2. The van der Waals surface area contributed by atoms with Crippen LogP contribution in [0.5, 0.6) is 0 Å². The van der Waals surface area contributed by atoms with Gasteiger partial charge in [-0.25, -0.2) is 24.5 Å². The molecule has 3 aromatic heterocycles. The lowest BCUT2D eigenvalue weighted by Gasteiger charge is -2.18. The molecule has 0 spiro atoms. The number of fused-ring (bicyclic) bond motifs is 6. The first-order chi connectivity index (χ1) is 39.4. The Kier molecular flexibility index (Phi) is 12.5. The van der Waals surface area contributed by atoms with Gasteiger partial charge in [0.15, 0.2) is 17.5 Å². The van der Waals surface area contributed by atoms with E-state index in [-0.39, 0.29) is 13.2 Å². The molecule has 80 heavy (non-hydrogen) atoms. The topological polar surface area (TPSA) is 149 Å². The molecule has 0 bridgehead atoms. The van der Waals surface area contributed by atoms with Gasteiger partial charge in [0.05, 0.1) is 67.8 Å². The Morgan fingerprint density at radius 3 is 1.36 bits per heavy atom. The van der Waals surface area contributed by atoms with Crippen LogP contribution < -0.4 is 0 Å². The molecule has 11 heteroatoms. The minimum Gasteiger partial charge on any atom is -0.457 e. The fourth-order valence-corrected chi connectivity index (χ4v) is 10.5. The predicted molar refractivity (Wildman–Crippen MR) is 311 cm³/mol. The Bertz CT molecular complexity index is 4670. The molecule has 378 valence electrons. The van der Waals surface area contributed by atoms with Gasteiger partial charge in [-0.15, -0.1) is 0 Å². The third kappa shape index (κ3) is 9.03. The normalized spacial score (nSPS) is 11.2. The van der Waals surface area contributed by atoms with Crippen LogP contribution >= 0.6 is 0 Å². The van der Waals surface area contributed by atoms with E-state index in [1.54, 1.807) is 24.3 Å². The van der Waals surface area contributed by atoms with E-state index in [0.717, 1.165) is 77.1 Å². The number of hydrogen-bond acceptors (Lipinski definition) is 9. The number of nitriles is 2. The summed E-state index contributed by atoms with van der Waals surface area (Å²) >= 11 is 0. The van der Waals surface area contributed by atoms with Crippen molar-refractivity contribution in [3.05, 3.63) is 270 Å². The van der Waals surface area contributed by atoms with Gasteiger partial charge < -0.3 is 18.6 Å². The average molecular weight is 1030 g/mol. The highest BCUT2D eigenvalue weighted by Crippen LogP contribution is 2.41. The Balaban J connectivity index is 1.01. The Morgan fingerprint density at radius 2 is 0.812 bits per heavy atom. The van der Waals surface area contributed by atoms with Crippen molar-refractivity contribution in [3.8, 4) is 68.8 Å². The highest BCUT2D eigenvalue weighted by molar-refractivity contribution is 6.13. The van der Waals surface area contributed by atoms with Gasteiger partial charge in [-0.3, -0.25) is 0 Å². The summed E-state index contributed by atoms with van der Waals surface area (Å²) in [6.07, 6.45) is 0. The van der Waals surface area contributed by atoms with Crippen molar-refractivity contribution in [2.45, 2.75) is 13.2 Å². The molecule has 0 radical (unpaired) electrons. The lowest BCUT2D eigenvalue weighted by atomic mass is 10.00. The van der Waals surface area contributed by atoms with Gasteiger partial charge in [-0.2, -0.15) is 10.5 Å². The monoisotopic (exact) mass is 1030 g/mol. The number of ether oxygens (including phenoxy) is 2. The zero-order valence-electron chi connectivity index (χ0n) is 42.7. The van der Waals surface area contributed by atoms with Crippen LogP contribution in [0.15, 0.2) is 237 Å². The van der Waals surface area contributed by atoms with E-state index in [9.17, 15) is 20.1 Å². The summed E-state index contributed by atoms with van der Waals surface area (Å²) in [5.74, 6) is 0.242. The number of hydrogen-bond donors (Lipinski definition) is 0. The van der Waals surface area contributed by atoms with Crippen LogP contribution in [0.1, 0.15) is 43.0 Å². The smallest absolute Gasteiger partial charge is 0.338 e. The highest BCUT2D eigenvalue weighted by Gasteiger charge is 2.25. The van der Waals surface area contributed by atoms with E-state index >= 15 is 0 Å². The molecule has 0 unspecified atom stereocenters. The van der Waals surface area contributed by atoms with Gasteiger partial charge in [0.1, 0.15) is 13.2 Å². The second-order valence-electron chi connectivity index (χ2n) is 19.2. The quantitative estimate of drug-likeness (QED) is 0.109. The maximum Gasteiger partial charge on any atom is 0.338 e. The van der Waals surface area contributed by atoms with Crippen molar-refractivity contribution < 1.29 is 19.1 Å². The maximum atomic E-state index is 13.7. The second-order valence-corrected chi connectivity index (χ2v) is 19.2. The molecule has 3 heterocycles. The fraction of sp³-hybridized carbons (Fsp3) is 0.0290. The van der Waals surface area contributed by atoms with Crippen LogP contribution in [0.4, 0.5) is 0 Å². The van der Waals surface area contributed by atoms with Gasteiger partial charge in [0.2, 0.25) is 0 Å². The molecule has 0 fully saturated rings. The molecule has 0 atom stereocenters. The molecule has 10 aromatic carbocycles. The van der Waals surface area contributed by atoms with Crippen molar-refractivity contribution in [1.29, 1.82) is 10.5 Å². The zero-order valence-corrected chi connectivity index (χ0v) is 42.7. The summed E-state index contributed by atoms with van der Waals surface area (Å²) in [5.41, 5.74) is 11.9. The molecular formula is C69H43N7O4. The van der Waals surface area contributed by atoms with Crippen molar-refractivity contribution in [2.24, 2.45) is 0 Å². The minimum atomic E-state index is -0.445. The summed E-state index contributed by atoms with van der Waals surface area (Å²) in [4.78, 5) is 43.3. The first-order valence-corrected chi connectivity index (χ1v) is 25.9. The minimum absolute atomic E-state index is 0.137. The summed E-state index contributed by atoms with van der Waals surface area (Å²) in [6.45, 7) is 0.275. The van der Waals surface area contributed by atoms with Gasteiger partial charge in [-0.05, 0) is 113 Å². The average Bonchev–Trinajstić information content (AvgIpc) is 4.20. The van der Waals surface area contributed by atoms with Crippen molar-refractivity contribution >= 4 is 55.6 Å². The van der Waals surface area contributed by atoms with Gasteiger partial charge >= 0.3 is 11.9 Å². The number of carbonyl (C=O) groups is 2. The van der Waals surface area contributed by atoms with E-state index in [1.165, 1.54) is 0 Å². The molecule has 11 nitrogen and oxygen atoms in total. The van der Waals surface area contributed by atoms with E-state index in [1.807, 2.05) is 200 Å². The van der Waals surface area contributed by atoms with Crippen molar-refractivity contribution in [3.63, 3.8) is 0 Å². The van der Waals surface area contributed by atoms with Crippen LogP contribution in [0.3, 0.4) is 0 Å². The molecule has 0 N–H and O–H groups in total. The Labute approximate surface area is 459 Å².